The quantitative estimate of drug-likeness (QED) is 0.647. The molecule has 2 aromatic carbocycles. The third kappa shape index (κ3) is 4.51. The van der Waals surface area contributed by atoms with Gasteiger partial charge in [0.15, 0.2) is 0 Å². The number of carbonyl (C=O) groups is 1. The van der Waals surface area contributed by atoms with Crippen LogP contribution in [0.15, 0.2) is 48.5 Å². The second-order valence-corrected chi connectivity index (χ2v) is 6.47. The molecule has 1 aliphatic heterocycles. The third-order valence-electron chi connectivity index (χ3n) is 4.67. The number of likely N-dealkylation sites (tertiary alicyclic amines) is 1. The number of carbonyl (C=O) groups excluding carboxylic acids is 1. The second kappa shape index (κ2) is 8.03. The molecule has 0 radical (unpaired) electrons. The van der Waals surface area contributed by atoms with Gasteiger partial charge in [0.05, 0.1) is 24.0 Å². The van der Waals surface area contributed by atoms with E-state index in [-0.39, 0.29) is 5.97 Å². The van der Waals surface area contributed by atoms with Gasteiger partial charge < -0.3 is 15.8 Å². The normalized spacial score (nSPS) is 15.7. The molecule has 5 nitrogen and oxygen atoms in total. The lowest BCUT2D eigenvalue weighted by Gasteiger charge is -2.33. The Labute approximate surface area is 148 Å². The largest absolute Gasteiger partial charge is 0.465 e. The van der Waals surface area contributed by atoms with Crippen molar-refractivity contribution in [2.24, 2.45) is 0 Å². The topological polar surface area (TPSA) is 67.6 Å². The molecule has 2 aromatic rings. The number of piperidine rings is 1. The highest BCUT2D eigenvalue weighted by atomic mass is 16.5. The highest BCUT2D eigenvalue weighted by Gasteiger charge is 2.20. The minimum atomic E-state index is -0.347. The van der Waals surface area contributed by atoms with Gasteiger partial charge in [0, 0.05) is 25.7 Å². The van der Waals surface area contributed by atoms with Gasteiger partial charge in [-0.2, -0.15) is 0 Å². The molecule has 0 unspecified atom stereocenters. The number of hydrogen-bond acceptors (Lipinski definition) is 5. The summed E-state index contributed by atoms with van der Waals surface area (Å²) in [6.45, 7) is 3.08. The van der Waals surface area contributed by atoms with Crippen molar-refractivity contribution in [3.05, 3.63) is 59.7 Å². The number of anilines is 2. The molecule has 1 heterocycles. The van der Waals surface area contributed by atoms with Crippen molar-refractivity contribution in [2.75, 3.05) is 31.2 Å². The molecule has 0 amide bonds. The Hall–Kier alpha value is -2.53. The number of nitrogen functional groups attached to an aromatic ring is 1. The Kier molecular flexibility index (Phi) is 5.56. The number of methoxy groups -OCH3 is 1. The molecule has 0 spiro atoms. The van der Waals surface area contributed by atoms with Gasteiger partial charge in [-0.3, -0.25) is 4.90 Å². The van der Waals surface area contributed by atoms with Crippen molar-refractivity contribution < 1.29 is 9.53 Å². The molecule has 5 heteroatoms. The number of rotatable bonds is 5. The average Bonchev–Trinajstić information content (AvgIpc) is 2.65. The number of ether oxygens (including phenoxy) is 1. The van der Waals surface area contributed by atoms with Gasteiger partial charge >= 0.3 is 5.97 Å². The summed E-state index contributed by atoms with van der Waals surface area (Å²) < 4.78 is 4.78. The van der Waals surface area contributed by atoms with Crippen LogP contribution in [0.3, 0.4) is 0 Å². The smallest absolute Gasteiger partial charge is 0.337 e. The predicted molar refractivity (Wildman–Crippen MR) is 101 cm³/mol. The van der Waals surface area contributed by atoms with E-state index in [1.54, 1.807) is 18.2 Å². The predicted octanol–water partition coefficient (Wildman–Crippen LogP) is 3.13. The number of nitrogens with zero attached hydrogens (tertiary/aromatic N) is 1. The van der Waals surface area contributed by atoms with Crippen LogP contribution < -0.4 is 11.1 Å². The van der Waals surface area contributed by atoms with Crippen molar-refractivity contribution in [3.63, 3.8) is 0 Å². The van der Waals surface area contributed by atoms with Crippen LogP contribution >= 0.6 is 0 Å². The molecular weight excluding hydrogens is 314 g/mol. The summed E-state index contributed by atoms with van der Waals surface area (Å²) in [5.74, 6) is -0.347. The van der Waals surface area contributed by atoms with Crippen molar-refractivity contribution in [3.8, 4) is 0 Å². The van der Waals surface area contributed by atoms with E-state index >= 15 is 0 Å². The van der Waals surface area contributed by atoms with Crippen molar-refractivity contribution in [2.45, 2.75) is 25.4 Å². The van der Waals surface area contributed by atoms with E-state index in [9.17, 15) is 4.79 Å². The first-order chi connectivity index (χ1) is 12.2. The van der Waals surface area contributed by atoms with E-state index in [1.807, 2.05) is 6.07 Å². The van der Waals surface area contributed by atoms with E-state index in [0.717, 1.165) is 38.2 Å². The zero-order valence-corrected chi connectivity index (χ0v) is 14.6. The Balaban J connectivity index is 1.56. The number of nitrogens with two attached hydrogens (primary N) is 1. The maximum atomic E-state index is 11.7. The number of benzene rings is 2. The fourth-order valence-corrected chi connectivity index (χ4v) is 3.22. The lowest BCUT2D eigenvalue weighted by molar-refractivity contribution is 0.0601. The van der Waals surface area contributed by atoms with Crippen molar-refractivity contribution >= 4 is 17.3 Å². The number of nitrogens with one attached hydrogen (secondary N) is 1. The van der Waals surface area contributed by atoms with E-state index in [1.165, 1.54) is 12.7 Å². The summed E-state index contributed by atoms with van der Waals surface area (Å²) in [5.41, 5.74) is 9.38. The molecule has 1 aliphatic rings. The van der Waals surface area contributed by atoms with Gasteiger partial charge in [0.1, 0.15) is 0 Å². The fraction of sp³-hybridized carbons (Fsp3) is 0.350. The SMILES string of the molecule is COC(=O)c1ccc(N)c(NC2CCN(Cc3ccccc3)CC2)c1. The number of hydrogen-bond donors (Lipinski definition) is 2. The fourth-order valence-electron chi connectivity index (χ4n) is 3.22. The van der Waals surface area contributed by atoms with Gasteiger partial charge in [0.2, 0.25) is 0 Å². The first kappa shape index (κ1) is 17.3. The Morgan fingerprint density at radius 3 is 2.60 bits per heavy atom. The molecule has 25 heavy (non-hydrogen) atoms. The van der Waals surface area contributed by atoms with E-state index < -0.39 is 0 Å². The van der Waals surface area contributed by atoms with Crippen LogP contribution in [0.4, 0.5) is 11.4 Å². The first-order valence-electron chi connectivity index (χ1n) is 8.66. The van der Waals surface area contributed by atoms with Crippen LogP contribution in [0.1, 0.15) is 28.8 Å². The van der Waals surface area contributed by atoms with Crippen LogP contribution in [-0.2, 0) is 11.3 Å². The molecule has 0 aromatic heterocycles. The third-order valence-corrected chi connectivity index (χ3v) is 4.67. The highest BCUT2D eigenvalue weighted by molar-refractivity contribution is 5.92. The van der Waals surface area contributed by atoms with Crippen LogP contribution in [0.25, 0.3) is 0 Å². The van der Waals surface area contributed by atoms with Gasteiger partial charge in [-0.15, -0.1) is 0 Å². The molecule has 0 atom stereocenters. The molecule has 132 valence electrons. The Morgan fingerprint density at radius 2 is 1.92 bits per heavy atom. The maximum absolute atomic E-state index is 11.7. The monoisotopic (exact) mass is 339 g/mol. The zero-order chi connectivity index (χ0) is 17.6. The van der Waals surface area contributed by atoms with Crippen molar-refractivity contribution in [1.82, 2.24) is 4.90 Å². The Morgan fingerprint density at radius 1 is 1.20 bits per heavy atom. The summed E-state index contributed by atoms with van der Waals surface area (Å²) in [6.07, 6.45) is 2.10. The standard InChI is InChI=1S/C20H25N3O2/c1-25-20(24)16-7-8-18(21)19(13-16)22-17-9-11-23(12-10-17)14-15-5-3-2-4-6-15/h2-8,13,17,22H,9-12,14,21H2,1H3. The summed E-state index contributed by atoms with van der Waals surface area (Å²) in [5, 5.41) is 3.49. The van der Waals surface area contributed by atoms with Crippen LogP contribution in [0, 0.1) is 0 Å². The van der Waals surface area contributed by atoms with E-state index in [0.29, 0.717) is 17.3 Å². The molecular formula is C20H25N3O2. The molecule has 0 saturated carbocycles. The number of esters is 1. The van der Waals surface area contributed by atoms with E-state index in [2.05, 4.69) is 34.5 Å². The van der Waals surface area contributed by atoms with Gasteiger partial charge in [-0.25, -0.2) is 4.79 Å². The van der Waals surface area contributed by atoms with Crippen LogP contribution in [0.5, 0.6) is 0 Å². The first-order valence-corrected chi connectivity index (χ1v) is 8.66. The zero-order valence-electron chi connectivity index (χ0n) is 14.6. The van der Waals surface area contributed by atoms with Gasteiger partial charge in [0.25, 0.3) is 0 Å². The lowest BCUT2D eigenvalue weighted by atomic mass is 10.0. The minimum Gasteiger partial charge on any atom is -0.465 e. The maximum Gasteiger partial charge on any atom is 0.337 e. The van der Waals surface area contributed by atoms with Gasteiger partial charge in [-0.1, -0.05) is 30.3 Å². The van der Waals surface area contributed by atoms with Crippen LogP contribution in [-0.4, -0.2) is 37.1 Å². The second-order valence-electron chi connectivity index (χ2n) is 6.47. The summed E-state index contributed by atoms with van der Waals surface area (Å²) in [7, 11) is 1.38. The highest BCUT2D eigenvalue weighted by Crippen LogP contribution is 2.24. The van der Waals surface area contributed by atoms with Crippen LogP contribution in [0.2, 0.25) is 0 Å². The minimum absolute atomic E-state index is 0.347. The summed E-state index contributed by atoms with van der Waals surface area (Å²) in [4.78, 5) is 14.2. The summed E-state index contributed by atoms with van der Waals surface area (Å²) in [6, 6.07) is 16.1. The molecule has 3 N–H and O–H groups in total. The molecule has 1 fully saturated rings. The molecule has 3 rings (SSSR count). The summed E-state index contributed by atoms with van der Waals surface area (Å²) >= 11 is 0. The molecule has 0 aliphatic carbocycles. The lowest BCUT2D eigenvalue weighted by Crippen LogP contribution is -2.38. The van der Waals surface area contributed by atoms with Crippen molar-refractivity contribution in [1.29, 1.82) is 0 Å². The van der Waals surface area contributed by atoms with Gasteiger partial charge in [-0.05, 0) is 36.6 Å². The average molecular weight is 339 g/mol. The Bertz CT molecular complexity index is 710. The molecule has 0 bridgehead atoms. The van der Waals surface area contributed by atoms with E-state index in [4.69, 9.17) is 10.5 Å². The molecule has 1 saturated heterocycles.